The summed E-state index contributed by atoms with van der Waals surface area (Å²) in [4.78, 5) is 25.8. The van der Waals surface area contributed by atoms with Crippen LogP contribution in [0.5, 0.6) is 5.75 Å². The number of fused-ring (bicyclic) bond motifs is 1. The van der Waals surface area contributed by atoms with Gasteiger partial charge in [0.15, 0.2) is 0 Å². The summed E-state index contributed by atoms with van der Waals surface area (Å²) in [6.07, 6.45) is 2.25. The first-order valence-corrected chi connectivity index (χ1v) is 11.5. The molecule has 0 aliphatic carbocycles. The Hall–Kier alpha value is -2.82. The first kappa shape index (κ1) is 23.8. The average molecular weight is 438 g/mol. The van der Waals surface area contributed by atoms with Gasteiger partial charge in [-0.25, -0.2) is 0 Å². The third-order valence-corrected chi connectivity index (χ3v) is 6.04. The smallest absolute Gasteiger partial charge is 0.323 e. The van der Waals surface area contributed by atoms with Gasteiger partial charge in [0, 0.05) is 24.9 Å². The maximum atomic E-state index is 13.1. The second-order valence-electron chi connectivity index (χ2n) is 9.93. The summed E-state index contributed by atoms with van der Waals surface area (Å²) in [6.45, 7) is 10.7. The van der Waals surface area contributed by atoms with Gasteiger partial charge in [-0.05, 0) is 60.1 Å². The Labute approximate surface area is 191 Å². The molecule has 0 saturated heterocycles. The number of carbonyl (C=O) groups is 2. The predicted octanol–water partition coefficient (Wildman–Crippen LogP) is 5.32. The Kier molecular flexibility index (Phi) is 7.27. The summed E-state index contributed by atoms with van der Waals surface area (Å²) in [5.41, 5.74) is 3.68. The van der Waals surface area contributed by atoms with Crippen LogP contribution < -0.4 is 4.74 Å². The normalized spacial score (nSPS) is 17.3. The Bertz CT molecular complexity index is 964. The molecule has 2 aromatic rings. The summed E-state index contributed by atoms with van der Waals surface area (Å²) in [5, 5.41) is 9.24. The van der Waals surface area contributed by atoms with Crippen LogP contribution in [0.25, 0.3) is 0 Å². The summed E-state index contributed by atoms with van der Waals surface area (Å²) in [6, 6.07) is 14.1. The minimum Gasteiger partial charge on any atom is -0.487 e. The number of carbonyl (C=O) groups excluding carboxylic acids is 1. The topological polar surface area (TPSA) is 66.8 Å². The number of hydrogen-bond donors (Lipinski definition) is 1. The summed E-state index contributed by atoms with van der Waals surface area (Å²) < 4.78 is 6.30. The Balaban J connectivity index is 1.73. The molecule has 5 heteroatoms. The lowest BCUT2D eigenvalue weighted by Crippen LogP contribution is -2.37. The van der Waals surface area contributed by atoms with Crippen LogP contribution in [0.4, 0.5) is 0 Å². The predicted molar refractivity (Wildman–Crippen MR) is 126 cm³/mol. The third kappa shape index (κ3) is 5.90. The number of aliphatic carboxylic acids is 1. The molecule has 1 heterocycles. The highest BCUT2D eigenvalue weighted by molar-refractivity contribution is 5.96. The number of carboxylic acids is 1. The molecule has 2 aromatic carbocycles. The number of amides is 1. The summed E-state index contributed by atoms with van der Waals surface area (Å²) in [7, 11) is 0. The molecule has 1 N–H and O–H groups in total. The molecule has 1 amide bonds. The molecular weight excluding hydrogens is 402 g/mol. The minimum absolute atomic E-state index is 0.242. The van der Waals surface area contributed by atoms with Gasteiger partial charge in [-0.2, -0.15) is 0 Å². The maximum Gasteiger partial charge on any atom is 0.323 e. The van der Waals surface area contributed by atoms with Gasteiger partial charge in [0.2, 0.25) is 0 Å². The van der Waals surface area contributed by atoms with E-state index < -0.39 is 5.97 Å². The van der Waals surface area contributed by atoms with Crippen molar-refractivity contribution in [1.82, 2.24) is 4.90 Å². The number of carboxylic acid groups (broad SMARTS) is 1. The van der Waals surface area contributed by atoms with Crippen molar-refractivity contribution in [3.63, 3.8) is 0 Å². The van der Waals surface area contributed by atoms with Crippen LogP contribution in [0, 0.1) is 5.92 Å². The zero-order chi connectivity index (χ0) is 23.5. The standard InChI is InChI=1S/C27H35NO4/c1-18(2)12-13-28(17-25(29)30)26(31)22-10-11-24-23(14-22)16-27(5,32-24)15-20-6-8-21(9-7-20)19(3)4/h6-11,14,18-19H,12-13,15-17H2,1-5H3,(H,29,30)/t27-/m1/s1. The quantitative estimate of drug-likeness (QED) is 0.577. The van der Waals surface area contributed by atoms with Gasteiger partial charge in [-0.15, -0.1) is 0 Å². The molecule has 0 aromatic heterocycles. The van der Waals surface area contributed by atoms with E-state index in [0.717, 1.165) is 24.2 Å². The second-order valence-corrected chi connectivity index (χ2v) is 9.93. The van der Waals surface area contributed by atoms with Crippen molar-refractivity contribution in [2.24, 2.45) is 5.92 Å². The summed E-state index contributed by atoms with van der Waals surface area (Å²) in [5.74, 6) is 0.456. The molecular formula is C27H35NO4. The van der Waals surface area contributed by atoms with Crippen LogP contribution >= 0.6 is 0 Å². The van der Waals surface area contributed by atoms with Crippen molar-refractivity contribution < 1.29 is 19.4 Å². The highest BCUT2D eigenvalue weighted by Crippen LogP contribution is 2.37. The van der Waals surface area contributed by atoms with Crippen LogP contribution in [0.15, 0.2) is 42.5 Å². The second kappa shape index (κ2) is 9.76. The fraction of sp³-hybridized carbons (Fsp3) is 0.481. The van der Waals surface area contributed by atoms with Crippen molar-refractivity contribution in [2.45, 2.75) is 65.4 Å². The fourth-order valence-electron chi connectivity index (χ4n) is 4.22. The van der Waals surface area contributed by atoms with E-state index in [1.807, 2.05) is 12.1 Å². The lowest BCUT2D eigenvalue weighted by Gasteiger charge is -2.24. The highest BCUT2D eigenvalue weighted by Gasteiger charge is 2.35. The average Bonchev–Trinajstić information content (AvgIpc) is 3.05. The molecule has 172 valence electrons. The molecule has 32 heavy (non-hydrogen) atoms. The van der Waals surface area contributed by atoms with E-state index in [-0.39, 0.29) is 18.1 Å². The van der Waals surface area contributed by atoms with Gasteiger partial charge in [-0.1, -0.05) is 52.0 Å². The molecule has 0 radical (unpaired) electrons. The summed E-state index contributed by atoms with van der Waals surface area (Å²) >= 11 is 0. The van der Waals surface area contributed by atoms with E-state index in [1.54, 1.807) is 6.07 Å². The number of benzene rings is 2. The first-order chi connectivity index (χ1) is 15.1. The van der Waals surface area contributed by atoms with Gasteiger partial charge >= 0.3 is 5.97 Å². The largest absolute Gasteiger partial charge is 0.487 e. The maximum absolute atomic E-state index is 13.1. The molecule has 3 rings (SSSR count). The van der Waals surface area contributed by atoms with Crippen molar-refractivity contribution in [3.05, 3.63) is 64.7 Å². The van der Waals surface area contributed by atoms with E-state index in [9.17, 15) is 14.7 Å². The lowest BCUT2D eigenvalue weighted by atomic mass is 9.90. The molecule has 0 saturated carbocycles. The Morgan fingerprint density at radius 2 is 1.78 bits per heavy atom. The molecule has 0 spiro atoms. The minimum atomic E-state index is -0.998. The number of nitrogens with zero attached hydrogens (tertiary/aromatic N) is 1. The lowest BCUT2D eigenvalue weighted by molar-refractivity contribution is -0.137. The van der Waals surface area contributed by atoms with Crippen molar-refractivity contribution in [1.29, 1.82) is 0 Å². The monoisotopic (exact) mass is 437 g/mol. The van der Waals surface area contributed by atoms with Crippen LogP contribution in [0.2, 0.25) is 0 Å². The third-order valence-electron chi connectivity index (χ3n) is 6.04. The molecule has 5 nitrogen and oxygen atoms in total. The van der Waals surface area contributed by atoms with Gasteiger partial charge in [-0.3, -0.25) is 9.59 Å². The van der Waals surface area contributed by atoms with E-state index >= 15 is 0 Å². The van der Waals surface area contributed by atoms with Gasteiger partial charge in [0.1, 0.15) is 17.9 Å². The van der Waals surface area contributed by atoms with Gasteiger partial charge in [0.05, 0.1) is 0 Å². The zero-order valence-electron chi connectivity index (χ0n) is 19.9. The van der Waals surface area contributed by atoms with E-state index in [4.69, 9.17) is 4.74 Å². The molecule has 1 aliphatic heterocycles. The van der Waals surface area contributed by atoms with Gasteiger partial charge in [0.25, 0.3) is 5.91 Å². The van der Waals surface area contributed by atoms with Crippen molar-refractivity contribution in [2.75, 3.05) is 13.1 Å². The zero-order valence-corrected chi connectivity index (χ0v) is 19.9. The van der Waals surface area contributed by atoms with Crippen LogP contribution in [0.1, 0.15) is 74.0 Å². The SMILES string of the molecule is CC(C)CCN(CC(=O)O)C(=O)c1ccc2c(c1)C[C@@](C)(Cc1ccc(C(C)C)cc1)O2. The van der Waals surface area contributed by atoms with Crippen LogP contribution in [-0.4, -0.2) is 40.6 Å². The first-order valence-electron chi connectivity index (χ1n) is 11.5. The van der Waals surface area contributed by atoms with E-state index in [0.29, 0.717) is 30.4 Å². The van der Waals surface area contributed by atoms with E-state index in [2.05, 4.69) is 58.9 Å². The number of hydrogen-bond acceptors (Lipinski definition) is 3. The Morgan fingerprint density at radius 1 is 1.09 bits per heavy atom. The molecule has 0 fully saturated rings. The van der Waals surface area contributed by atoms with Crippen molar-refractivity contribution in [3.8, 4) is 5.75 Å². The fourth-order valence-corrected chi connectivity index (χ4v) is 4.22. The molecule has 0 bridgehead atoms. The van der Waals surface area contributed by atoms with Gasteiger partial charge < -0.3 is 14.7 Å². The number of ether oxygens (including phenoxy) is 1. The molecule has 1 aliphatic rings. The van der Waals surface area contributed by atoms with Crippen molar-refractivity contribution >= 4 is 11.9 Å². The Morgan fingerprint density at radius 3 is 2.38 bits per heavy atom. The van der Waals surface area contributed by atoms with E-state index in [1.165, 1.54) is 16.0 Å². The van der Waals surface area contributed by atoms with Crippen LogP contribution in [-0.2, 0) is 17.6 Å². The highest BCUT2D eigenvalue weighted by atomic mass is 16.5. The number of rotatable bonds is 9. The molecule has 1 atom stereocenters. The van der Waals surface area contributed by atoms with Crippen LogP contribution in [0.3, 0.4) is 0 Å². The molecule has 0 unspecified atom stereocenters.